The topological polar surface area (TPSA) is 71.2 Å². The molecule has 1 fully saturated rings. The molecular weight excluding hydrogens is 316 g/mol. The first-order chi connectivity index (χ1) is 11.9. The van der Waals surface area contributed by atoms with Gasteiger partial charge in [-0.1, -0.05) is 13.0 Å². The van der Waals surface area contributed by atoms with Crippen LogP contribution >= 0.6 is 0 Å². The summed E-state index contributed by atoms with van der Waals surface area (Å²) in [5.74, 6) is -0.00114. The average Bonchev–Trinajstić information content (AvgIpc) is 2.96. The highest BCUT2D eigenvalue weighted by molar-refractivity contribution is 5.95. The number of aryl methyl sites for hydroxylation is 3. The van der Waals surface area contributed by atoms with Crippen LogP contribution in [-0.2, 0) is 12.1 Å². The van der Waals surface area contributed by atoms with E-state index in [4.69, 9.17) is 0 Å². The molecule has 1 aliphatic heterocycles. The Morgan fingerprint density at radius 2 is 2.00 bits per heavy atom. The van der Waals surface area contributed by atoms with E-state index >= 15 is 0 Å². The molecule has 1 N–H and O–H groups in total. The van der Waals surface area contributed by atoms with Crippen LogP contribution in [0.3, 0.4) is 0 Å². The summed E-state index contributed by atoms with van der Waals surface area (Å²) in [6, 6.07) is 3.84. The first-order valence-corrected chi connectivity index (χ1v) is 8.92. The van der Waals surface area contributed by atoms with E-state index in [9.17, 15) is 9.90 Å². The minimum absolute atomic E-state index is 0.00114. The fourth-order valence-electron chi connectivity index (χ4n) is 3.32. The number of pyridine rings is 1. The minimum atomic E-state index is -0.952. The Balaban J connectivity index is 1.69. The van der Waals surface area contributed by atoms with Crippen molar-refractivity contribution in [2.45, 2.75) is 52.2 Å². The SMILES string of the molecule is CCCn1cc(C(=O)N2CCC(O)(c3ccc(C)cn3)CC2)c(C)n1. The molecule has 2 aromatic rings. The zero-order valence-corrected chi connectivity index (χ0v) is 15.2. The number of carbonyl (C=O) groups is 1. The van der Waals surface area contributed by atoms with Gasteiger partial charge in [0.2, 0.25) is 0 Å². The molecule has 0 unspecified atom stereocenters. The first-order valence-electron chi connectivity index (χ1n) is 8.92. The quantitative estimate of drug-likeness (QED) is 0.926. The maximum absolute atomic E-state index is 12.8. The second kappa shape index (κ2) is 6.96. The largest absolute Gasteiger partial charge is 0.383 e. The van der Waals surface area contributed by atoms with E-state index in [1.165, 1.54) is 0 Å². The van der Waals surface area contributed by atoms with E-state index in [2.05, 4.69) is 17.0 Å². The predicted octanol–water partition coefficient (Wildman–Crippen LogP) is 2.43. The molecule has 0 saturated carbocycles. The molecule has 6 heteroatoms. The fraction of sp³-hybridized carbons (Fsp3) is 0.526. The van der Waals surface area contributed by atoms with Crippen LogP contribution in [0.2, 0.25) is 0 Å². The zero-order valence-electron chi connectivity index (χ0n) is 15.2. The van der Waals surface area contributed by atoms with Gasteiger partial charge >= 0.3 is 0 Å². The predicted molar refractivity (Wildman–Crippen MR) is 95.3 cm³/mol. The van der Waals surface area contributed by atoms with Gasteiger partial charge in [0.1, 0.15) is 5.60 Å². The van der Waals surface area contributed by atoms with Crippen molar-refractivity contribution in [2.75, 3.05) is 13.1 Å². The standard InChI is InChI=1S/C19H26N4O2/c1-4-9-23-13-16(15(3)21-23)18(24)22-10-7-19(25,8-11-22)17-6-5-14(2)12-20-17/h5-6,12-13,25H,4,7-11H2,1-3H3. The highest BCUT2D eigenvalue weighted by atomic mass is 16.3. The summed E-state index contributed by atoms with van der Waals surface area (Å²) in [6.45, 7) is 7.78. The molecule has 2 aromatic heterocycles. The minimum Gasteiger partial charge on any atom is -0.383 e. The van der Waals surface area contributed by atoms with Crippen molar-refractivity contribution < 1.29 is 9.90 Å². The van der Waals surface area contributed by atoms with Crippen LogP contribution in [0.25, 0.3) is 0 Å². The van der Waals surface area contributed by atoms with Crippen LogP contribution in [0, 0.1) is 13.8 Å². The van der Waals surface area contributed by atoms with Gasteiger partial charge in [-0.2, -0.15) is 5.10 Å². The Bertz CT molecular complexity index is 743. The van der Waals surface area contributed by atoms with Gasteiger partial charge in [-0.3, -0.25) is 14.5 Å². The summed E-state index contributed by atoms with van der Waals surface area (Å²) in [4.78, 5) is 19.0. The molecule has 6 nitrogen and oxygen atoms in total. The smallest absolute Gasteiger partial charge is 0.257 e. The van der Waals surface area contributed by atoms with Crippen molar-refractivity contribution in [1.82, 2.24) is 19.7 Å². The van der Waals surface area contributed by atoms with E-state index in [0.29, 0.717) is 37.2 Å². The Hall–Kier alpha value is -2.21. The number of hydrogen-bond acceptors (Lipinski definition) is 4. The summed E-state index contributed by atoms with van der Waals surface area (Å²) < 4.78 is 1.83. The summed E-state index contributed by atoms with van der Waals surface area (Å²) in [7, 11) is 0. The van der Waals surface area contributed by atoms with Gasteiger partial charge in [0, 0.05) is 32.0 Å². The van der Waals surface area contributed by atoms with Crippen molar-refractivity contribution in [3.05, 3.63) is 47.0 Å². The lowest BCUT2D eigenvalue weighted by molar-refractivity contribution is -0.0244. The van der Waals surface area contributed by atoms with Gasteiger partial charge in [0.05, 0.1) is 17.0 Å². The van der Waals surface area contributed by atoms with E-state index in [0.717, 1.165) is 24.2 Å². The monoisotopic (exact) mass is 342 g/mol. The van der Waals surface area contributed by atoms with Crippen molar-refractivity contribution in [2.24, 2.45) is 0 Å². The lowest BCUT2D eigenvalue weighted by Crippen LogP contribution is -2.45. The summed E-state index contributed by atoms with van der Waals surface area (Å²) in [6.07, 6.45) is 5.59. The van der Waals surface area contributed by atoms with Crippen LogP contribution in [0.15, 0.2) is 24.5 Å². The normalized spacial score (nSPS) is 16.9. The number of aromatic nitrogens is 3. The summed E-state index contributed by atoms with van der Waals surface area (Å²) >= 11 is 0. The van der Waals surface area contributed by atoms with Gasteiger partial charge < -0.3 is 10.0 Å². The molecule has 0 bridgehead atoms. The molecule has 3 rings (SSSR count). The van der Waals surface area contributed by atoms with Crippen molar-refractivity contribution in [3.8, 4) is 0 Å². The van der Waals surface area contributed by atoms with Gasteiger partial charge in [-0.15, -0.1) is 0 Å². The number of amides is 1. The molecular formula is C19H26N4O2. The van der Waals surface area contributed by atoms with E-state index in [1.807, 2.05) is 41.8 Å². The van der Waals surface area contributed by atoms with E-state index in [1.54, 1.807) is 6.20 Å². The molecule has 1 aliphatic rings. The Morgan fingerprint density at radius 1 is 1.28 bits per heavy atom. The molecule has 134 valence electrons. The molecule has 0 spiro atoms. The molecule has 1 amide bonds. The molecule has 25 heavy (non-hydrogen) atoms. The average molecular weight is 342 g/mol. The summed E-state index contributed by atoms with van der Waals surface area (Å²) in [5.41, 5.74) is 2.23. The van der Waals surface area contributed by atoms with Crippen molar-refractivity contribution in [3.63, 3.8) is 0 Å². The van der Waals surface area contributed by atoms with Crippen LogP contribution < -0.4 is 0 Å². The highest BCUT2D eigenvalue weighted by Crippen LogP contribution is 2.32. The van der Waals surface area contributed by atoms with Gasteiger partial charge in [-0.05, 0) is 44.7 Å². The third-order valence-electron chi connectivity index (χ3n) is 4.90. The Morgan fingerprint density at radius 3 is 2.60 bits per heavy atom. The highest BCUT2D eigenvalue weighted by Gasteiger charge is 2.37. The van der Waals surface area contributed by atoms with Crippen LogP contribution in [-0.4, -0.2) is 43.8 Å². The van der Waals surface area contributed by atoms with E-state index < -0.39 is 5.60 Å². The zero-order chi connectivity index (χ0) is 18.0. The molecule has 3 heterocycles. The van der Waals surface area contributed by atoms with Gasteiger partial charge in [-0.25, -0.2) is 0 Å². The van der Waals surface area contributed by atoms with Crippen molar-refractivity contribution in [1.29, 1.82) is 0 Å². The van der Waals surface area contributed by atoms with Gasteiger partial charge in [0.15, 0.2) is 0 Å². The van der Waals surface area contributed by atoms with Crippen LogP contribution in [0.4, 0.5) is 0 Å². The molecule has 0 aliphatic carbocycles. The van der Waals surface area contributed by atoms with Crippen LogP contribution in [0.5, 0.6) is 0 Å². The molecule has 0 aromatic carbocycles. The molecule has 0 atom stereocenters. The lowest BCUT2D eigenvalue weighted by Gasteiger charge is -2.37. The second-order valence-electron chi connectivity index (χ2n) is 6.94. The fourth-order valence-corrected chi connectivity index (χ4v) is 3.32. The maximum atomic E-state index is 12.8. The Labute approximate surface area is 148 Å². The first kappa shape index (κ1) is 17.6. The number of rotatable bonds is 4. The van der Waals surface area contributed by atoms with Crippen molar-refractivity contribution >= 4 is 5.91 Å². The van der Waals surface area contributed by atoms with Gasteiger partial charge in [0.25, 0.3) is 5.91 Å². The third-order valence-corrected chi connectivity index (χ3v) is 4.90. The molecule has 1 saturated heterocycles. The number of piperidine rings is 1. The number of likely N-dealkylation sites (tertiary alicyclic amines) is 1. The number of nitrogens with zero attached hydrogens (tertiary/aromatic N) is 4. The van der Waals surface area contributed by atoms with E-state index in [-0.39, 0.29) is 5.91 Å². The number of hydrogen-bond donors (Lipinski definition) is 1. The number of carbonyl (C=O) groups excluding carboxylic acids is 1. The number of aliphatic hydroxyl groups is 1. The summed E-state index contributed by atoms with van der Waals surface area (Å²) in [5, 5.41) is 15.3. The Kier molecular flexibility index (Phi) is 4.90. The van der Waals surface area contributed by atoms with Crippen LogP contribution in [0.1, 0.15) is 53.5 Å². The second-order valence-corrected chi connectivity index (χ2v) is 6.94. The lowest BCUT2D eigenvalue weighted by atomic mass is 9.87. The third kappa shape index (κ3) is 3.58. The molecule has 0 radical (unpaired) electrons. The maximum Gasteiger partial charge on any atom is 0.257 e.